The molecule has 1 unspecified atom stereocenters. The number of halogens is 1. The maximum Gasteiger partial charge on any atom is 0.339 e. The molecular weight excluding hydrogens is 492 g/mol. The van der Waals surface area contributed by atoms with Crippen LogP contribution in [0.3, 0.4) is 0 Å². The van der Waals surface area contributed by atoms with E-state index in [1.807, 2.05) is 39.8 Å². The molecule has 2 N–H and O–H groups in total. The zero-order valence-electron chi connectivity index (χ0n) is 22.3. The van der Waals surface area contributed by atoms with Gasteiger partial charge in [-0.2, -0.15) is 0 Å². The molecule has 1 saturated heterocycles. The number of hydrogen-bond donors (Lipinski definition) is 2. The van der Waals surface area contributed by atoms with Crippen LogP contribution in [0.25, 0.3) is 0 Å². The highest BCUT2D eigenvalue weighted by Crippen LogP contribution is 2.48. The summed E-state index contributed by atoms with van der Waals surface area (Å²) >= 11 is 6.28. The van der Waals surface area contributed by atoms with Crippen molar-refractivity contribution in [3.8, 4) is 0 Å². The highest BCUT2D eigenvalue weighted by molar-refractivity contribution is 6.33. The minimum absolute atomic E-state index is 0.0682. The summed E-state index contributed by atoms with van der Waals surface area (Å²) in [5.41, 5.74) is -0.363. The Morgan fingerprint density at radius 3 is 2.41 bits per heavy atom. The van der Waals surface area contributed by atoms with E-state index in [1.165, 1.54) is 0 Å². The molecule has 7 nitrogen and oxygen atoms in total. The molecule has 2 amide bonds. The van der Waals surface area contributed by atoms with Crippen molar-refractivity contribution < 1.29 is 24.2 Å². The number of nitrogens with zero attached hydrogens (tertiary/aromatic N) is 1. The first-order chi connectivity index (χ1) is 17.4. The maximum absolute atomic E-state index is 13.3. The van der Waals surface area contributed by atoms with Crippen molar-refractivity contribution in [2.45, 2.75) is 58.4 Å². The van der Waals surface area contributed by atoms with E-state index in [0.717, 1.165) is 5.56 Å². The minimum atomic E-state index is -0.746. The van der Waals surface area contributed by atoms with Crippen molar-refractivity contribution in [3.05, 3.63) is 70.2 Å². The predicted molar refractivity (Wildman–Crippen MR) is 144 cm³/mol. The lowest BCUT2D eigenvalue weighted by Gasteiger charge is -2.53. The standard InChI is InChI=1S/C29H37ClN2O5/c1-6-37-26(36)22-16-21(12-13-23(22)30)29(19-33)14-15-32(18-27(29,2)3)24(34)17-28(4,5)31-25(35)20-10-8-7-9-11-20/h7-13,16,33H,6,14-15,17-19H2,1-5H3,(H,31,35). The van der Waals surface area contributed by atoms with Crippen molar-refractivity contribution in [1.82, 2.24) is 10.2 Å². The smallest absolute Gasteiger partial charge is 0.339 e. The molecule has 0 aromatic heterocycles. The fourth-order valence-electron chi connectivity index (χ4n) is 5.20. The molecule has 2 aromatic carbocycles. The van der Waals surface area contributed by atoms with Crippen LogP contribution in [0.1, 0.15) is 73.7 Å². The third-order valence-electron chi connectivity index (χ3n) is 7.41. The van der Waals surface area contributed by atoms with E-state index >= 15 is 0 Å². The molecule has 200 valence electrons. The molecule has 1 aliphatic rings. The van der Waals surface area contributed by atoms with Gasteiger partial charge in [-0.25, -0.2) is 4.79 Å². The number of hydrogen-bond acceptors (Lipinski definition) is 5. The summed E-state index contributed by atoms with van der Waals surface area (Å²) in [4.78, 5) is 40.2. The van der Waals surface area contributed by atoms with E-state index in [0.29, 0.717) is 30.1 Å². The van der Waals surface area contributed by atoms with Crippen LogP contribution in [-0.4, -0.2) is 59.6 Å². The highest BCUT2D eigenvalue weighted by atomic mass is 35.5. The zero-order valence-corrected chi connectivity index (χ0v) is 23.0. The summed E-state index contributed by atoms with van der Waals surface area (Å²) < 4.78 is 5.15. The van der Waals surface area contributed by atoms with Gasteiger partial charge in [-0.1, -0.05) is 49.7 Å². The van der Waals surface area contributed by atoms with Crippen LogP contribution in [0.4, 0.5) is 0 Å². The van der Waals surface area contributed by atoms with E-state index in [4.69, 9.17) is 16.3 Å². The van der Waals surface area contributed by atoms with Crippen molar-refractivity contribution in [2.75, 3.05) is 26.3 Å². The number of ether oxygens (including phenoxy) is 1. The van der Waals surface area contributed by atoms with Gasteiger partial charge in [0.25, 0.3) is 5.91 Å². The van der Waals surface area contributed by atoms with Crippen LogP contribution in [0.2, 0.25) is 5.02 Å². The number of aliphatic hydroxyl groups excluding tert-OH is 1. The first-order valence-electron chi connectivity index (χ1n) is 12.6. The van der Waals surface area contributed by atoms with E-state index in [9.17, 15) is 19.5 Å². The molecule has 1 heterocycles. The normalized spacial score (nSPS) is 19.3. The van der Waals surface area contributed by atoms with Crippen LogP contribution in [0.5, 0.6) is 0 Å². The van der Waals surface area contributed by atoms with Crippen LogP contribution < -0.4 is 5.32 Å². The largest absolute Gasteiger partial charge is 0.462 e. The third kappa shape index (κ3) is 6.16. The summed E-state index contributed by atoms with van der Waals surface area (Å²) in [6.07, 6.45) is 0.644. The Morgan fingerprint density at radius 1 is 1.14 bits per heavy atom. The zero-order chi connectivity index (χ0) is 27.4. The quantitative estimate of drug-likeness (QED) is 0.488. The topological polar surface area (TPSA) is 95.9 Å². The van der Waals surface area contributed by atoms with Crippen molar-refractivity contribution in [3.63, 3.8) is 0 Å². The number of piperidine rings is 1. The average molecular weight is 529 g/mol. The Hall–Kier alpha value is -2.90. The summed E-state index contributed by atoms with van der Waals surface area (Å²) in [5, 5.41) is 13.9. The van der Waals surface area contributed by atoms with Gasteiger partial charge < -0.3 is 20.1 Å². The lowest BCUT2D eigenvalue weighted by atomic mass is 9.58. The average Bonchev–Trinajstić information content (AvgIpc) is 2.84. The summed E-state index contributed by atoms with van der Waals surface area (Å²) in [5.74, 6) is -0.800. The van der Waals surface area contributed by atoms with Gasteiger partial charge >= 0.3 is 5.97 Å². The number of rotatable bonds is 8. The number of amides is 2. The monoisotopic (exact) mass is 528 g/mol. The molecule has 1 atom stereocenters. The van der Waals surface area contributed by atoms with Gasteiger partial charge in [0.1, 0.15) is 0 Å². The molecule has 0 saturated carbocycles. The second-order valence-corrected chi connectivity index (χ2v) is 11.4. The molecule has 1 fully saturated rings. The van der Waals surface area contributed by atoms with Crippen LogP contribution in [-0.2, 0) is 14.9 Å². The Morgan fingerprint density at radius 2 is 1.81 bits per heavy atom. The second kappa shape index (κ2) is 11.2. The third-order valence-corrected chi connectivity index (χ3v) is 7.74. The number of nitrogens with one attached hydrogen (secondary N) is 1. The summed E-state index contributed by atoms with van der Waals surface area (Å²) in [6.45, 7) is 10.4. The molecular formula is C29H37ClN2O5. The molecule has 0 spiro atoms. The van der Waals surface area contributed by atoms with Gasteiger partial charge in [0.05, 0.1) is 23.8 Å². The molecule has 3 rings (SSSR count). The second-order valence-electron chi connectivity index (χ2n) is 11.0. The van der Waals surface area contributed by atoms with Gasteiger partial charge in [0, 0.05) is 36.0 Å². The number of carbonyl (C=O) groups is 3. The van der Waals surface area contributed by atoms with Crippen LogP contribution >= 0.6 is 11.6 Å². The number of aliphatic hydroxyl groups is 1. The van der Waals surface area contributed by atoms with E-state index in [1.54, 1.807) is 48.2 Å². The number of likely N-dealkylation sites (tertiary alicyclic amines) is 1. The van der Waals surface area contributed by atoms with Crippen molar-refractivity contribution in [2.24, 2.45) is 5.41 Å². The Labute approximate surface area is 224 Å². The summed E-state index contributed by atoms with van der Waals surface area (Å²) in [7, 11) is 0. The van der Waals surface area contributed by atoms with Gasteiger partial charge in [0.15, 0.2) is 0 Å². The lowest BCUT2D eigenvalue weighted by Crippen LogP contribution is -2.59. The first-order valence-corrected chi connectivity index (χ1v) is 13.0. The van der Waals surface area contributed by atoms with E-state index < -0.39 is 22.3 Å². The predicted octanol–water partition coefficient (Wildman–Crippen LogP) is 4.60. The molecule has 8 heteroatoms. The highest BCUT2D eigenvalue weighted by Gasteiger charge is 2.51. The van der Waals surface area contributed by atoms with Crippen molar-refractivity contribution in [1.29, 1.82) is 0 Å². The molecule has 37 heavy (non-hydrogen) atoms. The van der Waals surface area contributed by atoms with Crippen LogP contribution in [0, 0.1) is 5.41 Å². The summed E-state index contributed by atoms with van der Waals surface area (Å²) in [6, 6.07) is 14.1. The fraction of sp³-hybridized carbons (Fsp3) is 0.483. The Bertz CT molecular complexity index is 1150. The maximum atomic E-state index is 13.3. The molecule has 0 aliphatic carbocycles. The van der Waals surface area contributed by atoms with E-state index in [2.05, 4.69) is 5.32 Å². The number of carbonyl (C=O) groups excluding carboxylic acids is 3. The molecule has 2 aromatic rings. The van der Waals surface area contributed by atoms with Gasteiger partial charge in [-0.3, -0.25) is 9.59 Å². The Kier molecular flexibility index (Phi) is 8.70. The van der Waals surface area contributed by atoms with Gasteiger partial charge in [-0.05, 0) is 62.4 Å². The van der Waals surface area contributed by atoms with Gasteiger partial charge in [-0.15, -0.1) is 0 Å². The number of benzene rings is 2. The van der Waals surface area contributed by atoms with Crippen LogP contribution in [0.15, 0.2) is 48.5 Å². The molecule has 0 bridgehead atoms. The molecule has 1 aliphatic heterocycles. The first kappa shape index (κ1) is 28.7. The minimum Gasteiger partial charge on any atom is -0.462 e. The Balaban J connectivity index is 1.77. The molecule has 0 radical (unpaired) electrons. The van der Waals surface area contributed by atoms with Gasteiger partial charge in [0.2, 0.25) is 5.91 Å². The number of esters is 1. The lowest BCUT2D eigenvalue weighted by molar-refractivity contribution is -0.138. The van der Waals surface area contributed by atoms with E-state index in [-0.39, 0.29) is 37.0 Å². The SMILES string of the molecule is CCOC(=O)c1cc(C2(CO)CCN(C(=O)CC(C)(C)NC(=O)c3ccccc3)CC2(C)C)ccc1Cl. The fourth-order valence-corrected chi connectivity index (χ4v) is 5.39. The van der Waals surface area contributed by atoms with Crippen molar-refractivity contribution >= 4 is 29.4 Å².